The molecule has 2 amide bonds. The highest BCUT2D eigenvalue weighted by Gasteiger charge is 2.35. The molecule has 0 saturated carbocycles. The van der Waals surface area contributed by atoms with Gasteiger partial charge in [-0.05, 0) is 53.2 Å². The SMILES string of the molecule is N=Cc1cc(/C=C2\SC(=O)N(Cc3cnc(N)[nH]3)C2=O)ccc1NCc1ccc(Cl)cc1C(F)(F)F. The van der Waals surface area contributed by atoms with Crippen LogP contribution in [0.25, 0.3) is 6.08 Å². The normalized spacial score (nSPS) is 15.1. The Morgan fingerprint density at radius 3 is 2.67 bits per heavy atom. The Morgan fingerprint density at radius 1 is 1.22 bits per heavy atom. The predicted molar refractivity (Wildman–Crippen MR) is 133 cm³/mol. The highest BCUT2D eigenvalue weighted by Crippen LogP contribution is 2.35. The van der Waals surface area contributed by atoms with E-state index in [1.165, 1.54) is 24.4 Å². The zero-order chi connectivity index (χ0) is 26.0. The van der Waals surface area contributed by atoms with E-state index in [2.05, 4.69) is 15.3 Å². The van der Waals surface area contributed by atoms with Gasteiger partial charge in [-0.3, -0.25) is 14.5 Å². The van der Waals surface area contributed by atoms with Crippen LogP contribution in [0.2, 0.25) is 5.02 Å². The Kier molecular flexibility index (Phi) is 7.09. The number of hydrogen-bond donors (Lipinski definition) is 4. The Hall–Kier alpha value is -3.77. The van der Waals surface area contributed by atoms with Gasteiger partial charge in [0.1, 0.15) is 0 Å². The van der Waals surface area contributed by atoms with Gasteiger partial charge < -0.3 is 21.4 Å². The van der Waals surface area contributed by atoms with Crippen molar-refractivity contribution in [3.63, 3.8) is 0 Å². The van der Waals surface area contributed by atoms with Crippen molar-refractivity contribution in [3.8, 4) is 0 Å². The Morgan fingerprint density at radius 2 is 2.00 bits per heavy atom. The van der Waals surface area contributed by atoms with Crippen LogP contribution in [0, 0.1) is 5.41 Å². The van der Waals surface area contributed by atoms with Crippen LogP contribution < -0.4 is 11.1 Å². The van der Waals surface area contributed by atoms with E-state index >= 15 is 0 Å². The zero-order valence-corrected chi connectivity index (χ0v) is 19.9. The number of nitrogens with zero attached hydrogens (tertiary/aromatic N) is 2. The number of nitrogen functional groups attached to an aromatic ring is 1. The Bertz CT molecular complexity index is 1390. The van der Waals surface area contributed by atoms with Gasteiger partial charge >= 0.3 is 6.18 Å². The lowest BCUT2D eigenvalue weighted by molar-refractivity contribution is -0.138. The Labute approximate surface area is 212 Å². The number of imidazole rings is 1. The molecule has 13 heteroatoms. The molecule has 0 aliphatic carbocycles. The van der Waals surface area contributed by atoms with Crippen LogP contribution in [0.1, 0.15) is 27.9 Å². The molecule has 1 aromatic heterocycles. The first-order valence-electron chi connectivity index (χ1n) is 10.3. The third kappa shape index (κ3) is 5.55. The summed E-state index contributed by atoms with van der Waals surface area (Å²) in [7, 11) is 0. The van der Waals surface area contributed by atoms with Crippen LogP contribution in [0.4, 0.5) is 29.6 Å². The molecular formula is C23H18ClF3N6O2S. The minimum Gasteiger partial charge on any atom is -0.380 e. The Balaban J connectivity index is 1.51. The summed E-state index contributed by atoms with van der Waals surface area (Å²) in [4.78, 5) is 32.9. The van der Waals surface area contributed by atoms with Crippen LogP contribution in [0.5, 0.6) is 0 Å². The summed E-state index contributed by atoms with van der Waals surface area (Å²) in [6.45, 7) is -0.158. The molecule has 0 unspecified atom stereocenters. The van der Waals surface area contributed by atoms with E-state index in [0.717, 1.165) is 28.9 Å². The molecule has 0 bridgehead atoms. The average molecular weight is 535 g/mol. The summed E-state index contributed by atoms with van der Waals surface area (Å²) in [5.74, 6) is -0.315. The number of anilines is 2. The van der Waals surface area contributed by atoms with Gasteiger partial charge in [-0.2, -0.15) is 13.2 Å². The van der Waals surface area contributed by atoms with Gasteiger partial charge in [-0.25, -0.2) is 4.98 Å². The summed E-state index contributed by atoms with van der Waals surface area (Å²) in [5.41, 5.74) is 6.54. The van der Waals surface area contributed by atoms with E-state index in [9.17, 15) is 22.8 Å². The number of amides is 2. The second-order valence-electron chi connectivity index (χ2n) is 7.71. The molecule has 8 nitrogen and oxygen atoms in total. The van der Waals surface area contributed by atoms with Gasteiger partial charge in [-0.15, -0.1) is 0 Å². The van der Waals surface area contributed by atoms with Crippen LogP contribution in [-0.4, -0.2) is 32.2 Å². The molecule has 2 aromatic carbocycles. The number of benzene rings is 2. The van der Waals surface area contributed by atoms with Crippen molar-refractivity contribution < 1.29 is 22.8 Å². The van der Waals surface area contributed by atoms with Gasteiger partial charge in [0, 0.05) is 29.0 Å². The molecule has 1 saturated heterocycles. The number of aromatic nitrogens is 2. The van der Waals surface area contributed by atoms with Crippen molar-refractivity contribution in [3.05, 3.63) is 80.5 Å². The molecule has 1 fully saturated rings. The molecule has 3 aromatic rings. The first-order valence-corrected chi connectivity index (χ1v) is 11.5. The fourth-order valence-corrected chi connectivity index (χ4v) is 4.53. The van der Waals surface area contributed by atoms with Crippen LogP contribution >= 0.6 is 23.4 Å². The summed E-state index contributed by atoms with van der Waals surface area (Å²) < 4.78 is 40.1. The number of nitrogens with one attached hydrogen (secondary N) is 3. The molecule has 0 spiro atoms. The summed E-state index contributed by atoms with van der Waals surface area (Å²) >= 11 is 6.51. The maximum absolute atomic E-state index is 13.4. The number of H-pyrrole nitrogens is 1. The number of nitrogens with two attached hydrogens (primary N) is 1. The van der Waals surface area contributed by atoms with Gasteiger partial charge in [0.05, 0.1) is 28.9 Å². The monoisotopic (exact) mass is 534 g/mol. The number of imide groups is 1. The third-order valence-electron chi connectivity index (χ3n) is 5.23. The van der Waals surface area contributed by atoms with E-state index in [0.29, 0.717) is 22.5 Å². The highest BCUT2D eigenvalue weighted by molar-refractivity contribution is 8.18. The molecule has 36 heavy (non-hydrogen) atoms. The van der Waals surface area contributed by atoms with Crippen molar-refractivity contribution >= 4 is 58.4 Å². The maximum atomic E-state index is 13.4. The summed E-state index contributed by atoms with van der Waals surface area (Å²) in [5, 5.41) is 10.2. The summed E-state index contributed by atoms with van der Waals surface area (Å²) in [6.07, 6.45) is -0.570. The minimum atomic E-state index is -4.57. The quantitative estimate of drug-likeness (QED) is 0.234. The number of carbonyl (C=O) groups excluding carboxylic acids is 2. The number of halogens is 4. The van der Waals surface area contributed by atoms with Crippen molar-refractivity contribution in [1.82, 2.24) is 14.9 Å². The average Bonchev–Trinajstić information content (AvgIpc) is 3.35. The highest BCUT2D eigenvalue weighted by atomic mass is 35.5. The fourth-order valence-electron chi connectivity index (χ4n) is 3.52. The smallest absolute Gasteiger partial charge is 0.380 e. The second kappa shape index (κ2) is 10.1. The number of rotatable bonds is 7. The molecule has 1 aliphatic rings. The molecule has 0 atom stereocenters. The second-order valence-corrected chi connectivity index (χ2v) is 9.13. The van der Waals surface area contributed by atoms with E-state index in [-0.39, 0.29) is 34.5 Å². The van der Waals surface area contributed by atoms with E-state index < -0.39 is 22.9 Å². The van der Waals surface area contributed by atoms with Crippen molar-refractivity contribution in [1.29, 1.82) is 5.41 Å². The van der Waals surface area contributed by atoms with E-state index in [1.54, 1.807) is 18.2 Å². The lowest BCUT2D eigenvalue weighted by Gasteiger charge is -2.15. The number of carbonyl (C=O) groups is 2. The first kappa shape index (κ1) is 25.3. The lowest BCUT2D eigenvalue weighted by Crippen LogP contribution is -2.27. The lowest BCUT2D eigenvalue weighted by atomic mass is 10.1. The van der Waals surface area contributed by atoms with E-state index in [1.807, 2.05) is 0 Å². The zero-order valence-electron chi connectivity index (χ0n) is 18.3. The largest absolute Gasteiger partial charge is 0.416 e. The number of alkyl halides is 3. The molecule has 0 radical (unpaired) electrons. The molecular weight excluding hydrogens is 517 g/mol. The number of thioether (sulfide) groups is 1. The van der Waals surface area contributed by atoms with Crippen molar-refractivity contribution in [2.75, 3.05) is 11.1 Å². The molecule has 2 heterocycles. The van der Waals surface area contributed by atoms with Crippen molar-refractivity contribution in [2.24, 2.45) is 0 Å². The van der Waals surface area contributed by atoms with Crippen LogP contribution in [-0.2, 0) is 24.1 Å². The topological polar surface area (TPSA) is 128 Å². The van der Waals surface area contributed by atoms with Crippen molar-refractivity contribution in [2.45, 2.75) is 19.3 Å². The molecule has 4 rings (SSSR count). The maximum Gasteiger partial charge on any atom is 0.416 e. The van der Waals surface area contributed by atoms with Gasteiger partial charge in [0.25, 0.3) is 11.1 Å². The fraction of sp³-hybridized carbons (Fsp3) is 0.130. The van der Waals surface area contributed by atoms with Crippen LogP contribution in [0.15, 0.2) is 47.5 Å². The van der Waals surface area contributed by atoms with E-state index in [4.69, 9.17) is 22.7 Å². The molecule has 186 valence electrons. The van der Waals surface area contributed by atoms with Gasteiger partial charge in [0.2, 0.25) is 0 Å². The summed E-state index contributed by atoms with van der Waals surface area (Å²) in [6, 6.07) is 8.35. The molecule has 1 aliphatic heterocycles. The third-order valence-corrected chi connectivity index (χ3v) is 6.37. The van der Waals surface area contributed by atoms with Gasteiger partial charge in [0.15, 0.2) is 5.95 Å². The van der Waals surface area contributed by atoms with Crippen LogP contribution in [0.3, 0.4) is 0 Å². The standard InChI is InChI=1S/C23H18ClF3N6O2S/c24-15-3-2-13(17(7-15)23(25,26)27)9-30-18-4-1-12(5-14(18)8-28)6-19-20(34)33(22(35)36-19)11-16-10-31-21(29)32-16/h1-8,10,28,30H,9,11H2,(H3,29,31,32)/b19-6-,28-8?. The minimum absolute atomic E-state index is 0.000366. The predicted octanol–water partition coefficient (Wildman–Crippen LogP) is 5.51. The first-order chi connectivity index (χ1) is 17.0. The number of aromatic amines is 1. The molecule has 5 N–H and O–H groups in total. The number of hydrogen-bond acceptors (Lipinski definition) is 7. The van der Waals surface area contributed by atoms with Gasteiger partial charge in [-0.1, -0.05) is 23.7 Å².